The third kappa shape index (κ3) is 5.87. The van der Waals surface area contributed by atoms with Crippen LogP contribution in [0.2, 0.25) is 0 Å². The summed E-state index contributed by atoms with van der Waals surface area (Å²) in [7, 11) is -0.309. The first-order valence-electron chi connectivity index (χ1n) is 9.19. The van der Waals surface area contributed by atoms with Gasteiger partial charge in [-0.15, -0.1) is 0 Å². The molecule has 0 aromatic heterocycles. The van der Waals surface area contributed by atoms with Crippen LogP contribution in [0, 0.1) is 6.92 Å². The molecule has 158 valence electrons. The number of carbonyl (C=O) groups is 1. The van der Waals surface area contributed by atoms with E-state index < -0.39 is 10.0 Å². The fraction of sp³-hybridized carbons (Fsp3) is 0.381. The van der Waals surface area contributed by atoms with Crippen molar-refractivity contribution in [2.75, 3.05) is 24.7 Å². The van der Waals surface area contributed by atoms with Gasteiger partial charge >= 0.3 is 0 Å². The molecule has 0 bridgehead atoms. The summed E-state index contributed by atoms with van der Waals surface area (Å²) in [6, 6.07) is 10.4. The molecule has 0 spiro atoms. The number of benzene rings is 2. The highest BCUT2D eigenvalue weighted by molar-refractivity contribution is 7.92. The van der Waals surface area contributed by atoms with Gasteiger partial charge in [0.05, 0.1) is 25.2 Å². The van der Waals surface area contributed by atoms with Gasteiger partial charge in [-0.05, 0) is 62.2 Å². The largest absolute Gasteiger partial charge is 0.493 e. The lowest BCUT2D eigenvalue weighted by Crippen LogP contribution is -2.26. The van der Waals surface area contributed by atoms with Crippen molar-refractivity contribution in [2.24, 2.45) is 0 Å². The van der Waals surface area contributed by atoms with E-state index in [2.05, 4.69) is 5.32 Å². The standard InChI is InChI=1S/C21H28N2O5S/c1-14(2)28-19-10-7-16(12-20(19)27-5)13-22-21(24)17-8-9-18(15(3)11-17)23(4)29(6,25)26/h7-12,14H,13H2,1-6H3,(H,22,24). The molecule has 0 aliphatic carbocycles. The van der Waals surface area contributed by atoms with E-state index in [0.29, 0.717) is 34.9 Å². The Morgan fingerprint density at radius 1 is 1.14 bits per heavy atom. The highest BCUT2D eigenvalue weighted by Gasteiger charge is 2.16. The Labute approximate surface area is 172 Å². The quantitative estimate of drug-likeness (QED) is 0.709. The minimum atomic E-state index is -3.36. The van der Waals surface area contributed by atoms with Crippen LogP contribution < -0.4 is 19.1 Å². The third-order valence-electron chi connectivity index (χ3n) is 4.34. The van der Waals surface area contributed by atoms with Crippen molar-refractivity contribution >= 4 is 21.6 Å². The van der Waals surface area contributed by atoms with E-state index in [1.165, 1.54) is 11.4 Å². The van der Waals surface area contributed by atoms with Crippen LogP contribution in [-0.4, -0.2) is 40.8 Å². The second kappa shape index (κ2) is 9.17. The number of ether oxygens (including phenoxy) is 2. The van der Waals surface area contributed by atoms with Crippen LogP contribution in [0.3, 0.4) is 0 Å². The molecule has 1 N–H and O–H groups in total. The van der Waals surface area contributed by atoms with Gasteiger partial charge in [-0.1, -0.05) is 6.07 Å². The maximum atomic E-state index is 12.5. The highest BCUT2D eigenvalue weighted by atomic mass is 32.2. The van der Waals surface area contributed by atoms with Gasteiger partial charge in [-0.25, -0.2) is 8.42 Å². The van der Waals surface area contributed by atoms with Gasteiger partial charge in [0.15, 0.2) is 11.5 Å². The molecular formula is C21H28N2O5S. The molecule has 2 rings (SSSR count). The average molecular weight is 421 g/mol. The molecule has 0 atom stereocenters. The number of nitrogens with zero attached hydrogens (tertiary/aromatic N) is 1. The van der Waals surface area contributed by atoms with Crippen molar-refractivity contribution in [3.63, 3.8) is 0 Å². The molecular weight excluding hydrogens is 392 g/mol. The van der Waals surface area contributed by atoms with Crippen molar-refractivity contribution in [3.05, 3.63) is 53.1 Å². The molecule has 2 aromatic rings. The second-order valence-corrected chi connectivity index (χ2v) is 9.08. The van der Waals surface area contributed by atoms with Crippen LogP contribution in [0.5, 0.6) is 11.5 Å². The van der Waals surface area contributed by atoms with Crippen LogP contribution >= 0.6 is 0 Å². The summed E-state index contributed by atoms with van der Waals surface area (Å²) in [5.74, 6) is 1.01. The summed E-state index contributed by atoms with van der Waals surface area (Å²) < 4.78 is 35.7. The Balaban J connectivity index is 2.10. The lowest BCUT2D eigenvalue weighted by atomic mass is 10.1. The number of nitrogens with one attached hydrogen (secondary N) is 1. The van der Waals surface area contributed by atoms with Crippen LogP contribution in [0.25, 0.3) is 0 Å². The lowest BCUT2D eigenvalue weighted by molar-refractivity contribution is 0.0951. The number of hydrogen-bond donors (Lipinski definition) is 1. The zero-order valence-electron chi connectivity index (χ0n) is 17.6. The van der Waals surface area contributed by atoms with Crippen molar-refractivity contribution in [3.8, 4) is 11.5 Å². The normalized spacial score (nSPS) is 11.3. The number of amides is 1. The number of methoxy groups -OCH3 is 1. The van der Waals surface area contributed by atoms with Crippen molar-refractivity contribution < 1.29 is 22.7 Å². The van der Waals surface area contributed by atoms with Crippen LogP contribution in [0.15, 0.2) is 36.4 Å². The number of carbonyl (C=O) groups excluding carboxylic acids is 1. The maximum Gasteiger partial charge on any atom is 0.251 e. The van der Waals surface area contributed by atoms with Crippen molar-refractivity contribution in [1.29, 1.82) is 0 Å². The van der Waals surface area contributed by atoms with Gasteiger partial charge in [0, 0.05) is 19.2 Å². The first kappa shape index (κ1) is 22.5. The first-order chi connectivity index (χ1) is 13.5. The fourth-order valence-corrected chi connectivity index (χ4v) is 3.35. The van der Waals surface area contributed by atoms with E-state index in [1.54, 1.807) is 32.2 Å². The van der Waals surface area contributed by atoms with Gasteiger partial charge in [0.2, 0.25) is 10.0 Å². The van der Waals surface area contributed by atoms with E-state index in [1.807, 2.05) is 32.0 Å². The molecule has 7 nitrogen and oxygen atoms in total. The Morgan fingerprint density at radius 3 is 2.38 bits per heavy atom. The summed E-state index contributed by atoms with van der Waals surface area (Å²) in [5.41, 5.74) is 2.56. The topological polar surface area (TPSA) is 84.9 Å². The van der Waals surface area contributed by atoms with Crippen LogP contribution in [0.4, 0.5) is 5.69 Å². The molecule has 0 aliphatic heterocycles. The molecule has 0 unspecified atom stereocenters. The molecule has 1 amide bonds. The molecule has 2 aromatic carbocycles. The number of hydrogen-bond acceptors (Lipinski definition) is 5. The zero-order chi connectivity index (χ0) is 21.8. The highest BCUT2D eigenvalue weighted by Crippen LogP contribution is 2.29. The van der Waals surface area contributed by atoms with E-state index in [4.69, 9.17) is 9.47 Å². The molecule has 0 radical (unpaired) electrons. The third-order valence-corrected chi connectivity index (χ3v) is 5.53. The minimum absolute atomic E-state index is 0.0300. The molecule has 8 heteroatoms. The van der Waals surface area contributed by atoms with Crippen LogP contribution in [0.1, 0.15) is 35.3 Å². The Hall–Kier alpha value is -2.74. The van der Waals surface area contributed by atoms with Crippen molar-refractivity contribution in [2.45, 2.75) is 33.4 Å². The number of anilines is 1. The Morgan fingerprint density at radius 2 is 1.83 bits per heavy atom. The van der Waals surface area contributed by atoms with Gasteiger partial charge < -0.3 is 14.8 Å². The fourth-order valence-electron chi connectivity index (χ4n) is 2.79. The molecule has 29 heavy (non-hydrogen) atoms. The lowest BCUT2D eigenvalue weighted by Gasteiger charge is -2.19. The van der Waals surface area contributed by atoms with Gasteiger partial charge in [0.25, 0.3) is 5.91 Å². The van der Waals surface area contributed by atoms with Gasteiger partial charge in [-0.2, -0.15) is 0 Å². The Kier molecular flexibility index (Phi) is 7.13. The van der Waals surface area contributed by atoms with E-state index >= 15 is 0 Å². The molecule has 0 heterocycles. The monoisotopic (exact) mass is 420 g/mol. The zero-order valence-corrected chi connectivity index (χ0v) is 18.5. The predicted octanol–water partition coefficient (Wildman–Crippen LogP) is 3.12. The van der Waals surface area contributed by atoms with Crippen LogP contribution in [-0.2, 0) is 16.6 Å². The molecule has 0 saturated carbocycles. The average Bonchev–Trinajstić information content (AvgIpc) is 2.65. The Bertz CT molecular complexity index is 987. The SMILES string of the molecule is COc1cc(CNC(=O)c2ccc(N(C)S(C)(=O)=O)c(C)c2)ccc1OC(C)C. The summed E-state index contributed by atoms with van der Waals surface area (Å²) in [6.07, 6.45) is 1.17. The number of sulfonamides is 1. The van der Waals surface area contributed by atoms with E-state index in [-0.39, 0.29) is 12.0 Å². The summed E-state index contributed by atoms with van der Waals surface area (Å²) in [4.78, 5) is 12.5. The molecule has 0 fully saturated rings. The maximum absolute atomic E-state index is 12.5. The summed E-state index contributed by atoms with van der Waals surface area (Å²) in [6.45, 7) is 5.97. The van der Waals surface area contributed by atoms with Crippen molar-refractivity contribution in [1.82, 2.24) is 5.32 Å². The first-order valence-corrected chi connectivity index (χ1v) is 11.0. The van der Waals surface area contributed by atoms with E-state index in [9.17, 15) is 13.2 Å². The minimum Gasteiger partial charge on any atom is -0.493 e. The predicted molar refractivity (Wildman–Crippen MR) is 114 cm³/mol. The number of rotatable bonds is 8. The van der Waals surface area contributed by atoms with Gasteiger partial charge in [-0.3, -0.25) is 9.10 Å². The number of aryl methyl sites for hydroxylation is 1. The second-order valence-electron chi connectivity index (χ2n) is 7.07. The molecule has 0 saturated heterocycles. The summed E-state index contributed by atoms with van der Waals surface area (Å²) >= 11 is 0. The smallest absolute Gasteiger partial charge is 0.251 e. The summed E-state index contributed by atoms with van der Waals surface area (Å²) in [5, 5.41) is 2.87. The van der Waals surface area contributed by atoms with E-state index in [0.717, 1.165) is 11.8 Å². The van der Waals surface area contributed by atoms with Gasteiger partial charge in [0.1, 0.15) is 0 Å². The molecule has 0 aliphatic rings.